The topological polar surface area (TPSA) is 173 Å². The first-order chi connectivity index (χ1) is 11.6. The number of benzene rings is 2. The van der Waals surface area contributed by atoms with Crippen LogP contribution in [0.1, 0.15) is 0 Å². The van der Waals surface area contributed by atoms with Gasteiger partial charge in [0, 0.05) is 17.7 Å². The first kappa shape index (κ1) is 17.3. The SMILES string of the molecule is O=[N+]([O-])c1ccc(-c2cc([N+](=O)[O-])cc([N+](=O)[O-])c2F)c([N+](=O)[O-])c1. The highest BCUT2D eigenvalue weighted by molar-refractivity contribution is 5.79. The third kappa shape index (κ3) is 3.19. The van der Waals surface area contributed by atoms with Gasteiger partial charge in [-0.25, -0.2) is 0 Å². The summed E-state index contributed by atoms with van der Waals surface area (Å²) in [4.78, 5) is 39.3. The Kier molecular flexibility index (Phi) is 4.32. The molecule has 0 unspecified atom stereocenters. The summed E-state index contributed by atoms with van der Waals surface area (Å²) < 4.78 is 14.3. The van der Waals surface area contributed by atoms with Crippen LogP contribution in [0.2, 0.25) is 0 Å². The van der Waals surface area contributed by atoms with Crippen molar-refractivity contribution < 1.29 is 24.1 Å². The maximum absolute atomic E-state index is 14.3. The van der Waals surface area contributed by atoms with Gasteiger partial charge in [0.2, 0.25) is 5.82 Å². The van der Waals surface area contributed by atoms with Crippen LogP contribution < -0.4 is 0 Å². The molecule has 0 bridgehead atoms. The van der Waals surface area contributed by atoms with Gasteiger partial charge in [0.25, 0.3) is 17.1 Å². The van der Waals surface area contributed by atoms with Gasteiger partial charge < -0.3 is 0 Å². The average molecular weight is 352 g/mol. The van der Waals surface area contributed by atoms with E-state index in [9.17, 15) is 44.8 Å². The summed E-state index contributed by atoms with van der Waals surface area (Å²) in [6.07, 6.45) is 0. The number of nitro groups is 4. The fourth-order valence-corrected chi connectivity index (χ4v) is 2.04. The molecule has 0 aromatic heterocycles. The molecule has 0 radical (unpaired) electrons. The molecular formula is C12H5FN4O8. The van der Waals surface area contributed by atoms with Crippen LogP contribution in [0, 0.1) is 46.3 Å². The Bertz CT molecular complexity index is 945. The summed E-state index contributed by atoms with van der Waals surface area (Å²) in [7, 11) is 0. The molecule has 128 valence electrons. The molecule has 0 fully saturated rings. The van der Waals surface area contributed by atoms with Gasteiger partial charge in [-0.05, 0) is 6.07 Å². The number of nitrogens with zero attached hydrogens (tertiary/aromatic N) is 4. The molecule has 0 atom stereocenters. The second-order valence-electron chi connectivity index (χ2n) is 4.56. The van der Waals surface area contributed by atoms with Crippen LogP contribution in [0.3, 0.4) is 0 Å². The highest BCUT2D eigenvalue weighted by atomic mass is 19.1. The van der Waals surface area contributed by atoms with Gasteiger partial charge >= 0.3 is 5.69 Å². The monoisotopic (exact) mass is 352 g/mol. The molecule has 0 heterocycles. The van der Waals surface area contributed by atoms with Crippen LogP contribution >= 0.6 is 0 Å². The summed E-state index contributed by atoms with van der Waals surface area (Å²) >= 11 is 0. The van der Waals surface area contributed by atoms with E-state index in [1.165, 1.54) is 0 Å². The predicted molar refractivity (Wildman–Crippen MR) is 78.5 cm³/mol. The Morgan fingerprint density at radius 3 is 1.64 bits per heavy atom. The quantitative estimate of drug-likeness (QED) is 0.582. The molecule has 0 aliphatic heterocycles. The molecule has 2 aromatic rings. The van der Waals surface area contributed by atoms with Crippen LogP contribution in [0.4, 0.5) is 27.1 Å². The fourth-order valence-electron chi connectivity index (χ4n) is 2.04. The smallest absolute Gasteiger partial charge is 0.258 e. The van der Waals surface area contributed by atoms with E-state index in [0.29, 0.717) is 18.2 Å². The lowest BCUT2D eigenvalue weighted by molar-refractivity contribution is -0.395. The molecule has 12 nitrogen and oxygen atoms in total. The van der Waals surface area contributed by atoms with Gasteiger partial charge in [0.05, 0.1) is 37.4 Å². The number of hydrogen-bond donors (Lipinski definition) is 0. The van der Waals surface area contributed by atoms with Gasteiger partial charge in [-0.2, -0.15) is 4.39 Å². The minimum atomic E-state index is -1.53. The molecule has 2 aromatic carbocycles. The molecule has 2 rings (SSSR count). The minimum Gasteiger partial charge on any atom is -0.258 e. The Labute approximate surface area is 135 Å². The largest absolute Gasteiger partial charge is 0.312 e. The summed E-state index contributed by atoms with van der Waals surface area (Å²) in [5, 5.41) is 43.6. The number of halogens is 1. The van der Waals surface area contributed by atoms with Crippen molar-refractivity contribution in [2.24, 2.45) is 0 Å². The highest BCUT2D eigenvalue weighted by Crippen LogP contribution is 2.39. The maximum Gasteiger partial charge on any atom is 0.312 e. The molecule has 25 heavy (non-hydrogen) atoms. The van der Waals surface area contributed by atoms with E-state index in [0.717, 1.165) is 12.1 Å². The number of rotatable bonds is 5. The van der Waals surface area contributed by atoms with Crippen LogP contribution in [0.25, 0.3) is 11.1 Å². The highest BCUT2D eigenvalue weighted by Gasteiger charge is 2.29. The molecule has 0 N–H and O–H groups in total. The van der Waals surface area contributed by atoms with Crippen LogP contribution in [-0.4, -0.2) is 19.7 Å². The zero-order valence-electron chi connectivity index (χ0n) is 11.8. The summed E-state index contributed by atoms with van der Waals surface area (Å²) in [6, 6.07) is 3.08. The minimum absolute atomic E-state index is 0.371. The third-order valence-electron chi connectivity index (χ3n) is 3.12. The fraction of sp³-hybridized carbons (Fsp3) is 0. The van der Waals surface area contributed by atoms with E-state index < -0.39 is 59.4 Å². The molecule has 0 aliphatic carbocycles. The van der Waals surface area contributed by atoms with Crippen molar-refractivity contribution in [2.75, 3.05) is 0 Å². The molecule has 0 spiro atoms. The normalized spacial score (nSPS) is 10.3. The van der Waals surface area contributed by atoms with Gasteiger partial charge in [-0.15, -0.1) is 0 Å². The Morgan fingerprint density at radius 2 is 1.16 bits per heavy atom. The van der Waals surface area contributed by atoms with Crippen molar-refractivity contribution in [3.8, 4) is 11.1 Å². The molecule has 0 saturated heterocycles. The van der Waals surface area contributed by atoms with E-state index >= 15 is 0 Å². The van der Waals surface area contributed by atoms with Crippen LogP contribution in [0.15, 0.2) is 30.3 Å². The van der Waals surface area contributed by atoms with E-state index in [4.69, 9.17) is 0 Å². The third-order valence-corrected chi connectivity index (χ3v) is 3.12. The Hall–Kier alpha value is -4.03. The molecule has 0 amide bonds. The summed E-state index contributed by atoms with van der Waals surface area (Å²) in [5.74, 6) is -1.53. The van der Waals surface area contributed by atoms with E-state index in [2.05, 4.69) is 0 Å². The zero-order valence-corrected chi connectivity index (χ0v) is 11.8. The van der Waals surface area contributed by atoms with E-state index in [1.807, 2.05) is 0 Å². The molecule has 0 saturated carbocycles. The van der Waals surface area contributed by atoms with Gasteiger partial charge in [0.1, 0.15) is 0 Å². The van der Waals surface area contributed by atoms with Crippen molar-refractivity contribution in [3.63, 3.8) is 0 Å². The lowest BCUT2D eigenvalue weighted by atomic mass is 10.0. The van der Waals surface area contributed by atoms with Gasteiger partial charge in [0.15, 0.2) is 0 Å². The van der Waals surface area contributed by atoms with Crippen LogP contribution in [0.5, 0.6) is 0 Å². The first-order valence-corrected chi connectivity index (χ1v) is 6.19. The van der Waals surface area contributed by atoms with Crippen LogP contribution in [-0.2, 0) is 0 Å². The van der Waals surface area contributed by atoms with E-state index in [1.54, 1.807) is 0 Å². The standard InChI is InChI=1S/C12H5FN4O8/c13-12-9(3-7(15(20)21)5-11(12)17(24)25)8-2-1-6(14(18)19)4-10(8)16(22)23/h1-5H. The van der Waals surface area contributed by atoms with Crippen molar-refractivity contribution >= 4 is 22.7 Å². The van der Waals surface area contributed by atoms with Crippen molar-refractivity contribution in [3.05, 3.63) is 76.6 Å². The zero-order chi connectivity index (χ0) is 18.9. The van der Waals surface area contributed by atoms with Crippen molar-refractivity contribution in [1.82, 2.24) is 0 Å². The maximum atomic E-state index is 14.3. The predicted octanol–water partition coefficient (Wildman–Crippen LogP) is 3.13. The van der Waals surface area contributed by atoms with Crippen molar-refractivity contribution in [2.45, 2.75) is 0 Å². The molecular weight excluding hydrogens is 347 g/mol. The Morgan fingerprint density at radius 1 is 0.640 bits per heavy atom. The average Bonchev–Trinajstić information content (AvgIpc) is 2.53. The molecule has 0 aliphatic rings. The van der Waals surface area contributed by atoms with Gasteiger partial charge in [-0.1, -0.05) is 0 Å². The summed E-state index contributed by atoms with van der Waals surface area (Å²) in [6.45, 7) is 0. The number of nitro benzene ring substituents is 4. The van der Waals surface area contributed by atoms with E-state index in [-0.39, 0.29) is 0 Å². The Balaban J connectivity index is 2.85. The lowest BCUT2D eigenvalue weighted by Gasteiger charge is -2.05. The summed E-state index contributed by atoms with van der Waals surface area (Å²) in [5.41, 5.74) is -5.08. The van der Waals surface area contributed by atoms with Crippen molar-refractivity contribution in [1.29, 1.82) is 0 Å². The van der Waals surface area contributed by atoms with Gasteiger partial charge in [-0.3, -0.25) is 40.5 Å². The second kappa shape index (κ2) is 6.23. The number of non-ortho nitro benzene ring substituents is 2. The molecule has 13 heteroatoms. The number of hydrogen-bond acceptors (Lipinski definition) is 8. The first-order valence-electron chi connectivity index (χ1n) is 6.19. The second-order valence-corrected chi connectivity index (χ2v) is 4.56. The lowest BCUT2D eigenvalue weighted by Crippen LogP contribution is -2.01.